The Labute approximate surface area is 322 Å². The smallest absolute Gasteiger partial charge is 0.262 e. The van der Waals surface area contributed by atoms with E-state index in [1.165, 1.54) is 6.33 Å². The number of anilines is 2. The van der Waals surface area contributed by atoms with Gasteiger partial charge in [-0.3, -0.25) is 39.2 Å². The Kier molecular flexibility index (Phi) is 8.29. The van der Waals surface area contributed by atoms with Gasteiger partial charge in [0.15, 0.2) is 5.65 Å². The van der Waals surface area contributed by atoms with Gasteiger partial charge in [0.25, 0.3) is 11.8 Å². The predicted octanol–water partition coefficient (Wildman–Crippen LogP) is 3.48. The molecule has 2 aromatic heterocycles. The molecule has 5 aliphatic rings. The minimum Gasteiger partial charge on any atom is -0.457 e. The average Bonchev–Trinajstić information content (AvgIpc) is 3.68. The number of nitrogens with one attached hydrogen (secondary N) is 1. The lowest BCUT2D eigenvalue weighted by Gasteiger charge is -2.55. The molecule has 15 heteroatoms. The van der Waals surface area contributed by atoms with Crippen LogP contribution in [0, 0.1) is 0 Å². The van der Waals surface area contributed by atoms with E-state index in [-0.39, 0.29) is 24.8 Å². The second-order valence-corrected chi connectivity index (χ2v) is 15.3. The lowest BCUT2D eigenvalue weighted by atomic mass is 9.95. The van der Waals surface area contributed by atoms with E-state index in [4.69, 9.17) is 15.6 Å². The zero-order chi connectivity index (χ0) is 38.1. The zero-order valence-corrected chi connectivity index (χ0v) is 30.6. The van der Waals surface area contributed by atoms with Crippen molar-refractivity contribution in [1.82, 2.24) is 39.8 Å². The van der Waals surface area contributed by atoms with Crippen molar-refractivity contribution in [2.45, 2.75) is 49.9 Å². The summed E-state index contributed by atoms with van der Waals surface area (Å²) in [6, 6.07) is 23.0. The molecule has 0 spiro atoms. The molecule has 15 nitrogen and oxygen atoms in total. The van der Waals surface area contributed by atoms with Gasteiger partial charge >= 0.3 is 0 Å². The number of aromatic nitrogens is 4. The van der Waals surface area contributed by atoms with Gasteiger partial charge in [-0.25, -0.2) is 14.6 Å². The van der Waals surface area contributed by atoms with E-state index < -0.39 is 23.8 Å². The highest BCUT2D eigenvalue weighted by Gasteiger charge is 2.46. The van der Waals surface area contributed by atoms with Crippen LogP contribution < -0.4 is 20.7 Å². The van der Waals surface area contributed by atoms with Crippen molar-refractivity contribution in [3.8, 4) is 22.8 Å². The van der Waals surface area contributed by atoms with E-state index in [0.29, 0.717) is 29.0 Å². The van der Waals surface area contributed by atoms with Crippen molar-refractivity contribution in [3.05, 3.63) is 90.3 Å². The number of hydrogen-bond donors (Lipinski definition) is 2. The number of carbonyl (C=O) groups excluding carboxylic acids is 4. The first-order valence-corrected chi connectivity index (χ1v) is 19.2. The van der Waals surface area contributed by atoms with Crippen LogP contribution in [0.3, 0.4) is 0 Å². The maximum Gasteiger partial charge on any atom is 0.262 e. The highest BCUT2D eigenvalue weighted by Crippen LogP contribution is 2.37. The number of carbonyl (C=O) groups is 4. The molecule has 3 aromatic carbocycles. The molecule has 10 rings (SSSR count). The Morgan fingerprint density at radius 1 is 0.732 bits per heavy atom. The molecular formula is C41H40N10O5. The maximum absolute atomic E-state index is 13.3. The fourth-order valence-corrected chi connectivity index (χ4v) is 8.82. The molecule has 0 aliphatic carbocycles. The minimum absolute atomic E-state index is 0.0958. The third kappa shape index (κ3) is 5.85. The fourth-order valence-electron chi connectivity index (χ4n) is 8.82. The Bertz CT molecular complexity index is 2380. The van der Waals surface area contributed by atoms with Crippen LogP contribution in [0.25, 0.3) is 22.3 Å². The molecule has 4 saturated heterocycles. The van der Waals surface area contributed by atoms with Gasteiger partial charge in [0.05, 0.1) is 22.6 Å². The molecule has 284 valence electrons. The van der Waals surface area contributed by atoms with E-state index in [1.54, 1.807) is 12.1 Å². The van der Waals surface area contributed by atoms with Crippen LogP contribution in [0.1, 0.15) is 52.4 Å². The van der Waals surface area contributed by atoms with Crippen molar-refractivity contribution in [1.29, 1.82) is 0 Å². The molecular weight excluding hydrogens is 713 g/mol. The number of piperidine rings is 2. The van der Waals surface area contributed by atoms with Crippen LogP contribution in [0.15, 0.2) is 79.1 Å². The number of benzene rings is 3. The van der Waals surface area contributed by atoms with Gasteiger partial charge in [0.1, 0.15) is 35.4 Å². The molecule has 0 bridgehead atoms. The third-order valence-electron chi connectivity index (χ3n) is 12.0. The van der Waals surface area contributed by atoms with E-state index in [9.17, 15) is 19.2 Å². The number of para-hydroxylation sites is 1. The standard InChI is InChI=1S/C41H40N10O5/c42-37-35-36(24-6-9-30(10-7-24)56-29-4-2-1-3-5-29)46-51(38(35)44-23-43-37)25-14-16-47(17-15-25)27-19-49(20-27)28-21-48(22-28)26-8-11-31-32(18-26)41(55)50(40(31)54)33-12-13-34(52)45-39(33)53/h1-11,18,23,25,27-28,33H,12-17,19-22H2,(H2,42,43,44)(H,45,52,53)/t33-/m0/s1. The second kappa shape index (κ2) is 13.5. The van der Waals surface area contributed by atoms with Crippen molar-refractivity contribution in [2.75, 3.05) is 49.9 Å². The molecule has 4 amide bonds. The minimum atomic E-state index is -0.968. The number of nitrogen functional groups attached to an aromatic ring is 1. The van der Waals surface area contributed by atoms with E-state index in [0.717, 1.165) is 96.5 Å². The Balaban J connectivity index is 0.739. The number of hydrogen-bond acceptors (Lipinski definition) is 12. The van der Waals surface area contributed by atoms with Crippen LogP contribution in [-0.2, 0) is 9.59 Å². The van der Waals surface area contributed by atoms with Gasteiger partial charge in [-0.2, -0.15) is 5.10 Å². The summed E-state index contributed by atoms with van der Waals surface area (Å²) in [7, 11) is 0. The monoisotopic (exact) mass is 752 g/mol. The Morgan fingerprint density at radius 2 is 1.45 bits per heavy atom. The maximum atomic E-state index is 13.3. The predicted molar refractivity (Wildman–Crippen MR) is 206 cm³/mol. The van der Waals surface area contributed by atoms with Crippen LogP contribution in [0.5, 0.6) is 11.5 Å². The van der Waals surface area contributed by atoms with Gasteiger partial charge in [-0.05, 0) is 73.9 Å². The second-order valence-electron chi connectivity index (χ2n) is 15.3. The Hall–Kier alpha value is -6.19. The highest BCUT2D eigenvalue weighted by molar-refractivity contribution is 6.23. The summed E-state index contributed by atoms with van der Waals surface area (Å²) in [4.78, 5) is 67.8. The molecule has 56 heavy (non-hydrogen) atoms. The molecule has 0 radical (unpaired) electrons. The summed E-state index contributed by atoms with van der Waals surface area (Å²) >= 11 is 0. The van der Waals surface area contributed by atoms with Crippen LogP contribution in [0.4, 0.5) is 11.5 Å². The number of likely N-dealkylation sites (tertiary alicyclic amines) is 2. The summed E-state index contributed by atoms with van der Waals surface area (Å²) in [6.45, 7) is 5.67. The molecule has 3 N–H and O–H groups in total. The van der Waals surface area contributed by atoms with E-state index >= 15 is 0 Å². The number of imide groups is 2. The topological polar surface area (TPSA) is 172 Å². The first-order valence-electron chi connectivity index (χ1n) is 19.2. The summed E-state index contributed by atoms with van der Waals surface area (Å²) in [5.41, 5.74) is 10.4. The normalized spacial score (nSPS) is 21.3. The highest BCUT2D eigenvalue weighted by atomic mass is 16.5. The number of amides is 4. The third-order valence-corrected chi connectivity index (χ3v) is 12.0. The van der Waals surface area contributed by atoms with Gasteiger partial charge < -0.3 is 15.4 Å². The van der Waals surface area contributed by atoms with Crippen molar-refractivity contribution in [3.63, 3.8) is 0 Å². The van der Waals surface area contributed by atoms with Gasteiger partial charge in [0, 0.05) is 69.0 Å². The Morgan fingerprint density at radius 3 is 2.20 bits per heavy atom. The zero-order valence-electron chi connectivity index (χ0n) is 30.6. The molecule has 5 aromatic rings. The van der Waals surface area contributed by atoms with E-state index in [2.05, 4.69) is 34.7 Å². The molecule has 0 saturated carbocycles. The molecule has 0 unspecified atom stereocenters. The van der Waals surface area contributed by atoms with Crippen molar-refractivity contribution < 1.29 is 23.9 Å². The molecule has 4 fully saturated rings. The largest absolute Gasteiger partial charge is 0.457 e. The summed E-state index contributed by atoms with van der Waals surface area (Å²) < 4.78 is 8.05. The van der Waals surface area contributed by atoms with Crippen molar-refractivity contribution in [2.24, 2.45) is 0 Å². The molecule has 1 atom stereocenters. The number of nitrogens with two attached hydrogens (primary N) is 1. The first-order chi connectivity index (χ1) is 27.3. The summed E-state index contributed by atoms with van der Waals surface area (Å²) in [5, 5.41) is 8.12. The van der Waals surface area contributed by atoms with Crippen LogP contribution in [0.2, 0.25) is 0 Å². The van der Waals surface area contributed by atoms with Gasteiger partial charge in [0.2, 0.25) is 11.8 Å². The van der Waals surface area contributed by atoms with Crippen LogP contribution in [-0.4, -0.2) is 115 Å². The summed E-state index contributed by atoms with van der Waals surface area (Å²) in [6.07, 6.45) is 3.66. The van der Waals surface area contributed by atoms with Gasteiger partial charge in [-0.15, -0.1) is 0 Å². The number of ether oxygens (including phenoxy) is 1. The number of rotatable bonds is 8. The lowest BCUT2D eigenvalue weighted by Crippen LogP contribution is -2.70. The lowest BCUT2D eigenvalue weighted by molar-refractivity contribution is -0.136. The quantitative estimate of drug-likeness (QED) is 0.222. The van der Waals surface area contributed by atoms with Crippen molar-refractivity contribution >= 4 is 46.2 Å². The van der Waals surface area contributed by atoms with Crippen LogP contribution >= 0.6 is 0 Å². The summed E-state index contributed by atoms with van der Waals surface area (Å²) in [5.74, 6) is -0.0280. The first kappa shape index (κ1) is 34.3. The average molecular weight is 753 g/mol. The molecule has 5 aliphatic heterocycles. The fraction of sp³-hybridized carbons (Fsp3) is 0.341. The van der Waals surface area contributed by atoms with E-state index in [1.807, 2.05) is 60.7 Å². The number of nitrogens with zero attached hydrogens (tertiary/aromatic N) is 8. The molecule has 7 heterocycles. The van der Waals surface area contributed by atoms with Gasteiger partial charge in [-0.1, -0.05) is 18.2 Å². The SMILES string of the molecule is Nc1ncnc2c1c(-c1ccc(Oc3ccccc3)cc1)nn2C1CCN(C2CN(C3CN(c4ccc5c(c4)C(=O)N([C@H]4CCC(=O)NC4=O)C5=O)C3)C2)CC1. The number of fused-ring (bicyclic) bond motifs is 2.